The van der Waals surface area contributed by atoms with Crippen molar-refractivity contribution in [2.24, 2.45) is 5.41 Å². The molecule has 0 rings (SSSR count). The molecule has 0 spiro atoms. The number of hydrogen-bond donors (Lipinski definition) is 2. The van der Waals surface area contributed by atoms with Gasteiger partial charge in [0.25, 0.3) is 0 Å². The highest BCUT2D eigenvalue weighted by molar-refractivity contribution is 5.74. The molecule has 0 aliphatic heterocycles. The molecule has 50 heavy (non-hydrogen) atoms. The smallest absolute Gasteiger partial charge is 0.309 e. The summed E-state index contributed by atoms with van der Waals surface area (Å²) >= 11 is 0. The maximum atomic E-state index is 12.8. The van der Waals surface area contributed by atoms with E-state index >= 15 is 0 Å². The standard InChI is InChI=1S/C46H86O4/c1-3-5-7-9-11-13-15-17-19-21-23-25-27-29-33-37-41-46(45(49)50,43-39-35-31-32-36-40-44(47)48)42-38-34-30-28-26-24-22-20-18-16-14-12-10-8-6-4-2/h17-20H,3-16,21-43H2,1-2H3,(H,47,48)(H,49,50). The van der Waals surface area contributed by atoms with Gasteiger partial charge in [-0.15, -0.1) is 0 Å². The van der Waals surface area contributed by atoms with Crippen LogP contribution in [0.3, 0.4) is 0 Å². The first-order valence-corrected chi connectivity index (χ1v) is 22.2. The van der Waals surface area contributed by atoms with E-state index in [2.05, 4.69) is 38.2 Å². The van der Waals surface area contributed by atoms with E-state index in [0.29, 0.717) is 0 Å². The molecule has 0 unspecified atom stereocenters. The Bertz CT molecular complexity index is 743. The van der Waals surface area contributed by atoms with Gasteiger partial charge in [-0.05, 0) is 77.0 Å². The fraction of sp³-hybridized carbons (Fsp3) is 0.870. The summed E-state index contributed by atoms with van der Waals surface area (Å²) in [5.41, 5.74) is -0.581. The number of carbonyl (C=O) groups is 2. The molecule has 0 heterocycles. The van der Waals surface area contributed by atoms with E-state index in [1.54, 1.807) is 0 Å². The minimum Gasteiger partial charge on any atom is -0.481 e. The fourth-order valence-corrected chi connectivity index (χ4v) is 7.39. The second kappa shape index (κ2) is 38.6. The van der Waals surface area contributed by atoms with Crippen LogP contribution in [0.5, 0.6) is 0 Å². The second-order valence-corrected chi connectivity index (χ2v) is 15.6. The van der Waals surface area contributed by atoms with Crippen molar-refractivity contribution in [1.82, 2.24) is 0 Å². The molecule has 0 aromatic carbocycles. The quantitative estimate of drug-likeness (QED) is 0.0491. The Morgan fingerprint density at radius 3 is 0.920 bits per heavy atom. The minimum atomic E-state index is -0.721. The SMILES string of the molecule is CCCCCCCCC=CCCCCCCCCC(CCCCCCCCC=CCCCCCCCC)(CCCCCCCC(=O)O)C(=O)O. The van der Waals surface area contributed by atoms with Crippen molar-refractivity contribution in [3.05, 3.63) is 24.3 Å². The normalized spacial score (nSPS) is 13.1. The molecule has 0 amide bonds. The zero-order valence-corrected chi connectivity index (χ0v) is 33.7. The van der Waals surface area contributed by atoms with Gasteiger partial charge in [0, 0.05) is 6.42 Å². The maximum Gasteiger partial charge on any atom is 0.309 e. The lowest BCUT2D eigenvalue weighted by atomic mass is 9.74. The lowest BCUT2D eigenvalue weighted by Crippen LogP contribution is -2.31. The zero-order chi connectivity index (χ0) is 36.6. The molecule has 0 bridgehead atoms. The van der Waals surface area contributed by atoms with Crippen LogP contribution < -0.4 is 0 Å². The number of unbranched alkanes of at least 4 members (excludes halogenated alkanes) is 28. The fourth-order valence-electron chi connectivity index (χ4n) is 7.39. The highest BCUT2D eigenvalue weighted by Crippen LogP contribution is 2.38. The molecule has 4 heteroatoms. The van der Waals surface area contributed by atoms with E-state index in [1.807, 2.05) is 0 Å². The van der Waals surface area contributed by atoms with Crippen LogP contribution in [0.15, 0.2) is 24.3 Å². The molecule has 294 valence electrons. The van der Waals surface area contributed by atoms with Crippen molar-refractivity contribution in [3.8, 4) is 0 Å². The Labute approximate surface area is 312 Å². The van der Waals surface area contributed by atoms with Crippen molar-refractivity contribution in [2.45, 2.75) is 251 Å². The predicted molar refractivity (Wildman–Crippen MR) is 218 cm³/mol. The van der Waals surface area contributed by atoms with E-state index in [-0.39, 0.29) is 6.42 Å². The van der Waals surface area contributed by atoms with E-state index < -0.39 is 17.4 Å². The van der Waals surface area contributed by atoms with Gasteiger partial charge in [0.1, 0.15) is 0 Å². The first kappa shape index (κ1) is 48.4. The van der Waals surface area contributed by atoms with Crippen molar-refractivity contribution in [1.29, 1.82) is 0 Å². The molecule has 0 aliphatic rings. The van der Waals surface area contributed by atoms with E-state index in [0.717, 1.165) is 77.0 Å². The Kier molecular flexibility index (Phi) is 37.4. The maximum absolute atomic E-state index is 12.8. The van der Waals surface area contributed by atoms with Crippen molar-refractivity contribution < 1.29 is 19.8 Å². The van der Waals surface area contributed by atoms with Crippen LogP contribution in [-0.2, 0) is 9.59 Å². The summed E-state index contributed by atoms with van der Waals surface area (Å²) in [5.74, 6) is -1.30. The molecule has 0 atom stereocenters. The summed E-state index contributed by atoms with van der Waals surface area (Å²) in [6.45, 7) is 4.55. The van der Waals surface area contributed by atoms with Crippen LogP contribution >= 0.6 is 0 Å². The lowest BCUT2D eigenvalue weighted by Gasteiger charge is -2.30. The molecule has 0 saturated carbocycles. The second-order valence-electron chi connectivity index (χ2n) is 15.6. The molecule has 0 fully saturated rings. The van der Waals surface area contributed by atoms with Crippen molar-refractivity contribution in [2.75, 3.05) is 0 Å². The van der Waals surface area contributed by atoms with Gasteiger partial charge in [-0.3, -0.25) is 9.59 Å². The van der Waals surface area contributed by atoms with E-state index in [4.69, 9.17) is 5.11 Å². The van der Waals surface area contributed by atoms with Crippen LogP contribution in [0.2, 0.25) is 0 Å². The molecule has 0 aromatic heterocycles. The van der Waals surface area contributed by atoms with Crippen LogP contribution in [0, 0.1) is 5.41 Å². The number of carboxylic acids is 2. The number of carboxylic acid groups (broad SMARTS) is 2. The summed E-state index contributed by atoms with van der Waals surface area (Å²) in [6.07, 6.45) is 52.5. The largest absolute Gasteiger partial charge is 0.481 e. The Balaban J connectivity index is 4.33. The Hall–Kier alpha value is -1.58. The van der Waals surface area contributed by atoms with E-state index in [1.165, 1.54) is 154 Å². The highest BCUT2D eigenvalue weighted by atomic mass is 16.4. The third-order valence-electron chi connectivity index (χ3n) is 10.8. The van der Waals surface area contributed by atoms with Gasteiger partial charge in [-0.25, -0.2) is 0 Å². The van der Waals surface area contributed by atoms with Crippen molar-refractivity contribution in [3.63, 3.8) is 0 Å². The summed E-state index contributed by atoms with van der Waals surface area (Å²) in [7, 11) is 0. The predicted octanol–water partition coefficient (Wildman–Crippen LogP) is 15.7. The average molecular weight is 703 g/mol. The summed E-state index contributed by atoms with van der Waals surface area (Å²) in [4.78, 5) is 23.6. The van der Waals surface area contributed by atoms with Gasteiger partial charge in [0.05, 0.1) is 5.41 Å². The molecular weight excluding hydrogens is 617 g/mol. The molecule has 0 saturated heterocycles. The third kappa shape index (κ3) is 33.6. The highest BCUT2D eigenvalue weighted by Gasteiger charge is 2.36. The molecule has 4 nitrogen and oxygen atoms in total. The molecule has 0 aromatic rings. The lowest BCUT2D eigenvalue weighted by molar-refractivity contribution is -0.151. The van der Waals surface area contributed by atoms with Crippen LogP contribution in [-0.4, -0.2) is 22.2 Å². The number of rotatable bonds is 41. The summed E-state index contributed by atoms with van der Waals surface area (Å²) < 4.78 is 0. The topological polar surface area (TPSA) is 74.6 Å². The Morgan fingerprint density at radius 2 is 0.640 bits per heavy atom. The average Bonchev–Trinajstić information content (AvgIpc) is 3.10. The first-order chi connectivity index (χ1) is 24.5. The number of allylic oxidation sites excluding steroid dienone is 4. The van der Waals surface area contributed by atoms with Crippen LogP contribution in [0.25, 0.3) is 0 Å². The summed E-state index contributed by atoms with van der Waals surface area (Å²) in [6, 6.07) is 0. The minimum absolute atomic E-state index is 0.241. The van der Waals surface area contributed by atoms with Gasteiger partial charge < -0.3 is 10.2 Å². The van der Waals surface area contributed by atoms with Gasteiger partial charge >= 0.3 is 11.9 Å². The third-order valence-corrected chi connectivity index (χ3v) is 10.8. The molecule has 0 aliphatic carbocycles. The van der Waals surface area contributed by atoms with Gasteiger partial charge in [0.15, 0.2) is 0 Å². The van der Waals surface area contributed by atoms with Crippen LogP contribution in [0.1, 0.15) is 251 Å². The van der Waals surface area contributed by atoms with Gasteiger partial charge in [-0.2, -0.15) is 0 Å². The monoisotopic (exact) mass is 703 g/mol. The van der Waals surface area contributed by atoms with Crippen LogP contribution in [0.4, 0.5) is 0 Å². The number of aliphatic carboxylic acids is 2. The number of hydrogen-bond acceptors (Lipinski definition) is 2. The van der Waals surface area contributed by atoms with Gasteiger partial charge in [0.2, 0.25) is 0 Å². The molecular formula is C46H86O4. The summed E-state index contributed by atoms with van der Waals surface area (Å²) in [5, 5.41) is 19.4. The van der Waals surface area contributed by atoms with Gasteiger partial charge in [-0.1, -0.05) is 192 Å². The Morgan fingerprint density at radius 1 is 0.380 bits per heavy atom. The molecule has 2 N–H and O–H groups in total. The van der Waals surface area contributed by atoms with Crippen molar-refractivity contribution >= 4 is 11.9 Å². The van der Waals surface area contributed by atoms with E-state index in [9.17, 15) is 14.7 Å². The zero-order valence-electron chi connectivity index (χ0n) is 33.7. The first-order valence-electron chi connectivity index (χ1n) is 22.2. The molecule has 0 radical (unpaired) electrons.